The summed E-state index contributed by atoms with van der Waals surface area (Å²) in [5, 5.41) is 2.72. The minimum absolute atomic E-state index is 0.153. The molecule has 6 heteroatoms. The Morgan fingerprint density at radius 2 is 1.96 bits per heavy atom. The number of carbonyl (C=O) groups is 2. The van der Waals surface area contributed by atoms with Crippen LogP contribution in [0.15, 0.2) is 30.3 Å². The highest BCUT2D eigenvalue weighted by Gasteiger charge is 2.30. The Balaban J connectivity index is 1.66. The van der Waals surface area contributed by atoms with Gasteiger partial charge >= 0.3 is 12.2 Å². The van der Waals surface area contributed by atoms with Crippen LogP contribution in [0.5, 0.6) is 0 Å². The molecular formula is C18H26N2O4. The lowest BCUT2D eigenvalue weighted by molar-refractivity contribution is 0.0282. The van der Waals surface area contributed by atoms with E-state index < -0.39 is 11.7 Å². The van der Waals surface area contributed by atoms with Gasteiger partial charge in [-0.2, -0.15) is 0 Å². The van der Waals surface area contributed by atoms with Gasteiger partial charge in [-0.25, -0.2) is 9.59 Å². The molecule has 1 saturated heterocycles. The number of nitrogens with one attached hydrogen (secondary N) is 1. The van der Waals surface area contributed by atoms with Crippen LogP contribution < -0.4 is 5.32 Å². The molecule has 6 nitrogen and oxygen atoms in total. The van der Waals surface area contributed by atoms with Gasteiger partial charge in [0.15, 0.2) is 0 Å². The topological polar surface area (TPSA) is 67.9 Å². The van der Waals surface area contributed by atoms with E-state index in [1.807, 2.05) is 51.1 Å². The SMILES string of the molecule is CC(C)(C)OC(=O)N1CCC(COC(=O)NCc2ccccc2)C1. The quantitative estimate of drug-likeness (QED) is 0.918. The summed E-state index contributed by atoms with van der Waals surface area (Å²) in [6.07, 6.45) is 0.0682. The van der Waals surface area contributed by atoms with Crippen molar-refractivity contribution in [1.82, 2.24) is 10.2 Å². The molecule has 0 saturated carbocycles. The van der Waals surface area contributed by atoms with Gasteiger partial charge in [-0.1, -0.05) is 30.3 Å². The number of hydrogen-bond donors (Lipinski definition) is 1. The zero-order valence-corrected chi connectivity index (χ0v) is 14.6. The van der Waals surface area contributed by atoms with E-state index in [1.165, 1.54) is 0 Å². The first-order chi connectivity index (χ1) is 11.3. The third kappa shape index (κ3) is 6.10. The van der Waals surface area contributed by atoms with Crippen molar-refractivity contribution in [2.75, 3.05) is 19.7 Å². The molecule has 1 aromatic carbocycles. The van der Waals surface area contributed by atoms with E-state index in [9.17, 15) is 9.59 Å². The zero-order chi connectivity index (χ0) is 17.6. The lowest BCUT2D eigenvalue weighted by atomic mass is 10.1. The molecule has 24 heavy (non-hydrogen) atoms. The Kier molecular flexibility index (Phi) is 6.06. The van der Waals surface area contributed by atoms with Gasteiger partial charge in [0.05, 0.1) is 6.61 Å². The second-order valence-electron chi connectivity index (χ2n) is 7.02. The number of rotatable bonds is 4. The molecule has 1 unspecified atom stereocenters. The van der Waals surface area contributed by atoms with Gasteiger partial charge in [-0.3, -0.25) is 0 Å². The van der Waals surface area contributed by atoms with Gasteiger partial charge < -0.3 is 19.7 Å². The van der Waals surface area contributed by atoms with Crippen molar-refractivity contribution < 1.29 is 19.1 Å². The second-order valence-corrected chi connectivity index (χ2v) is 7.02. The van der Waals surface area contributed by atoms with E-state index >= 15 is 0 Å². The molecule has 0 aromatic heterocycles. The summed E-state index contributed by atoms with van der Waals surface area (Å²) in [6.45, 7) is 7.47. The average molecular weight is 334 g/mol. The van der Waals surface area contributed by atoms with Crippen LogP contribution in [0.25, 0.3) is 0 Å². The molecule has 1 aliphatic rings. The number of hydrogen-bond acceptors (Lipinski definition) is 4. The highest BCUT2D eigenvalue weighted by molar-refractivity contribution is 5.68. The fraction of sp³-hybridized carbons (Fsp3) is 0.556. The average Bonchev–Trinajstić information content (AvgIpc) is 2.99. The van der Waals surface area contributed by atoms with Crippen molar-refractivity contribution in [2.24, 2.45) is 5.92 Å². The van der Waals surface area contributed by atoms with Gasteiger partial charge in [0.25, 0.3) is 0 Å². The molecule has 132 valence electrons. The highest BCUT2D eigenvalue weighted by atomic mass is 16.6. The van der Waals surface area contributed by atoms with Crippen molar-refractivity contribution in [3.8, 4) is 0 Å². The van der Waals surface area contributed by atoms with Crippen molar-refractivity contribution in [3.63, 3.8) is 0 Å². The summed E-state index contributed by atoms with van der Waals surface area (Å²) in [5.74, 6) is 0.153. The molecule has 0 bridgehead atoms. The van der Waals surface area contributed by atoms with Gasteiger partial charge in [-0.05, 0) is 32.8 Å². The maximum absolute atomic E-state index is 12.0. The zero-order valence-electron chi connectivity index (χ0n) is 14.6. The van der Waals surface area contributed by atoms with Crippen molar-refractivity contribution in [1.29, 1.82) is 0 Å². The Labute approximate surface area is 143 Å². The molecule has 2 rings (SSSR count). The molecule has 0 aliphatic carbocycles. The smallest absolute Gasteiger partial charge is 0.410 e. The van der Waals surface area contributed by atoms with Gasteiger partial charge in [0.2, 0.25) is 0 Å². The van der Waals surface area contributed by atoms with E-state index in [2.05, 4.69) is 5.32 Å². The molecule has 1 aromatic rings. The molecule has 0 radical (unpaired) electrons. The van der Waals surface area contributed by atoms with Crippen LogP contribution >= 0.6 is 0 Å². The molecule has 1 N–H and O–H groups in total. The van der Waals surface area contributed by atoms with E-state index in [-0.39, 0.29) is 12.0 Å². The monoisotopic (exact) mass is 334 g/mol. The van der Waals surface area contributed by atoms with Crippen LogP contribution in [0.3, 0.4) is 0 Å². The summed E-state index contributed by atoms with van der Waals surface area (Å²) in [5.41, 5.74) is 0.523. The molecule has 1 aliphatic heterocycles. The third-order valence-corrected chi connectivity index (χ3v) is 3.67. The minimum atomic E-state index is -0.497. The molecule has 1 fully saturated rings. The van der Waals surface area contributed by atoms with Crippen LogP contribution in [0.2, 0.25) is 0 Å². The maximum atomic E-state index is 12.0. The summed E-state index contributed by atoms with van der Waals surface area (Å²) >= 11 is 0. The normalized spacial score (nSPS) is 17.5. The molecule has 0 spiro atoms. The number of benzene rings is 1. The molecule has 1 atom stereocenters. The van der Waals surface area contributed by atoms with E-state index in [4.69, 9.17) is 9.47 Å². The fourth-order valence-electron chi connectivity index (χ4n) is 2.48. The first-order valence-electron chi connectivity index (χ1n) is 8.26. The van der Waals surface area contributed by atoms with Gasteiger partial charge in [-0.15, -0.1) is 0 Å². The van der Waals surface area contributed by atoms with E-state index in [0.717, 1.165) is 12.0 Å². The molecule has 1 heterocycles. The highest BCUT2D eigenvalue weighted by Crippen LogP contribution is 2.19. The van der Waals surface area contributed by atoms with Crippen LogP contribution in [-0.4, -0.2) is 42.4 Å². The van der Waals surface area contributed by atoms with Gasteiger partial charge in [0, 0.05) is 25.6 Å². The van der Waals surface area contributed by atoms with Crippen LogP contribution in [0, 0.1) is 5.92 Å². The van der Waals surface area contributed by atoms with E-state index in [0.29, 0.717) is 26.2 Å². The van der Waals surface area contributed by atoms with Crippen molar-refractivity contribution >= 4 is 12.2 Å². The van der Waals surface area contributed by atoms with Crippen LogP contribution in [0.1, 0.15) is 32.8 Å². The first kappa shape index (κ1) is 18.1. The first-order valence-corrected chi connectivity index (χ1v) is 8.26. The van der Waals surface area contributed by atoms with Gasteiger partial charge in [0.1, 0.15) is 5.60 Å². The summed E-state index contributed by atoms with van der Waals surface area (Å²) in [6, 6.07) is 9.66. The Morgan fingerprint density at radius 3 is 2.62 bits per heavy atom. The third-order valence-electron chi connectivity index (χ3n) is 3.67. The van der Waals surface area contributed by atoms with Crippen molar-refractivity contribution in [3.05, 3.63) is 35.9 Å². The van der Waals surface area contributed by atoms with Crippen LogP contribution in [0.4, 0.5) is 9.59 Å². The van der Waals surface area contributed by atoms with Crippen LogP contribution in [-0.2, 0) is 16.0 Å². The predicted molar refractivity (Wildman–Crippen MR) is 90.5 cm³/mol. The molecular weight excluding hydrogens is 308 g/mol. The Hall–Kier alpha value is -2.24. The maximum Gasteiger partial charge on any atom is 0.410 e. The number of nitrogens with zero attached hydrogens (tertiary/aromatic N) is 1. The lowest BCUT2D eigenvalue weighted by Gasteiger charge is -2.24. The minimum Gasteiger partial charge on any atom is -0.449 e. The second kappa shape index (κ2) is 8.04. The fourth-order valence-corrected chi connectivity index (χ4v) is 2.48. The van der Waals surface area contributed by atoms with Crippen molar-refractivity contribution in [2.45, 2.75) is 39.3 Å². The number of alkyl carbamates (subject to hydrolysis) is 1. The Morgan fingerprint density at radius 1 is 1.25 bits per heavy atom. The number of carbonyl (C=O) groups excluding carboxylic acids is 2. The summed E-state index contributed by atoms with van der Waals surface area (Å²) in [7, 11) is 0. The standard InChI is InChI=1S/C18H26N2O4/c1-18(2,3)24-17(22)20-10-9-15(12-20)13-23-16(21)19-11-14-7-5-4-6-8-14/h4-8,15H,9-13H2,1-3H3,(H,19,21). The largest absolute Gasteiger partial charge is 0.449 e. The summed E-state index contributed by atoms with van der Waals surface area (Å²) < 4.78 is 10.6. The lowest BCUT2D eigenvalue weighted by Crippen LogP contribution is -2.35. The number of likely N-dealkylation sites (tertiary alicyclic amines) is 1. The van der Waals surface area contributed by atoms with E-state index in [1.54, 1.807) is 4.90 Å². The molecule has 2 amide bonds. The number of amides is 2. The summed E-state index contributed by atoms with van der Waals surface area (Å²) in [4.78, 5) is 25.4. The Bertz CT molecular complexity index is 554. The predicted octanol–water partition coefficient (Wildman–Crippen LogP) is 3.17. The number of ether oxygens (including phenoxy) is 2.